The van der Waals surface area contributed by atoms with Crippen molar-refractivity contribution in [3.8, 4) is 35.1 Å². The lowest BCUT2D eigenvalue weighted by Crippen LogP contribution is -2.31. The van der Waals surface area contributed by atoms with Gasteiger partial charge in [-0.05, 0) is 119 Å². The minimum absolute atomic E-state index is 0.0477. The van der Waals surface area contributed by atoms with Crippen molar-refractivity contribution in [3.05, 3.63) is 106 Å². The Kier molecular flexibility index (Phi) is 26.2. The second kappa shape index (κ2) is 33.8. The van der Waals surface area contributed by atoms with Crippen molar-refractivity contribution < 1.29 is 95.3 Å². The van der Waals surface area contributed by atoms with E-state index in [4.69, 9.17) is 47.4 Å². The van der Waals surface area contributed by atoms with E-state index in [1.807, 2.05) is 12.1 Å². The lowest BCUT2D eigenvalue weighted by atomic mass is 9.82. The number of carbonyl (C=O) groups is 10. The number of esters is 10. The Balaban J connectivity index is 0.915. The molecule has 2 aliphatic carbocycles. The van der Waals surface area contributed by atoms with Gasteiger partial charge in [-0.25, -0.2) is 9.59 Å². The molecule has 3 aromatic rings. The van der Waals surface area contributed by atoms with Crippen LogP contribution in [0, 0.1) is 53.3 Å². The molecule has 2 atom stereocenters. The summed E-state index contributed by atoms with van der Waals surface area (Å²) in [5, 5.41) is 19.5. The molecule has 0 amide bonds. The Labute approximate surface area is 511 Å². The number of ether oxygens (including phenoxy) is 10. The molecule has 24 heteroatoms. The number of hydrogen-bond donors (Lipinski definition) is 0. The third kappa shape index (κ3) is 21.3. The van der Waals surface area contributed by atoms with E-state index in [-0.39, 0.29) is 69.2 Å². The van der Waals surface area contributed by atoms with Crippen molar-refractivity contribution in [1.82, 2.24) is 0 Å². The molecule has 3 aromatic carbocycles. The summed E-state index contributed by atoms with van der Waals surface area (Å²) in [5.74, 6) is -6.80. The molecule has 87 heavy (non-hydrogen) atoms. The first-order chi connectivity index (χ1) is 41.7. The summed E-state index contributed by atoms with van der Waals surface area (Å²) in [4.78, 5) is 126. The molecule has 0 N–H and O–H groups in total. The van der Waals surface area contributed by atoms with Crippen molar-refractivity contribution in [2.75, 3.05) is 26.4 Å². The third-order valence-corrected chi connectivity index (χ3v) is 16.6. The number of aryl methyl sites for hydroxylation is 1. The zero-order valence-corrected chi connectivity index (χ0v) is 50.0. The normalized spacial score (nSPS) is 17.3. The maximum absolute atomic E-state index is 13.8. The van der Waals surface area contributed by atoms with Crippen LogP contribution in [0.4, 0.5) is 0 Å². The molecule has 22 nitrogen and oxygen atoms in total. The number of fused-ring (bicyclic) bond motifs is 1. The van der Waals surface area contributed by atoms with E-state index in [1.165, 1.54) is 0 Å². The van der Waals surface area contributed by atoms with E-state index in [0.29, 0.717) is 95.3 Å². The maximum atomic E-state index is 13.8. The second-order valence-corrected chi connectivity index (χ2v) is 22.8. The largest absolute Gasteiger partial charge is 0.465 e. The van der Waals surface area contributed by atoms with Crippen LogP contribution in [-0.2, 0) is 89.2 Å². The molecule has 6 rings (SSSR count). The first-order valence-corrected chi connectivity index (χ1v) is 29.8. The molecule has 1 heterocycles. The van der Waals surface area contributed by atoms with E-state index in [9.17, 15) is 58.5 Å². The van der Waals surface area contributed by atoms with Crippen molar-refractivity contribution >= 4 is 83.2 Å². The minimum atomic E-state index is -0.675. The molecule has 0 radical (unpaired) electrons. The van der Waals surface area contributed by atoms with Gasteiger partial charge in [-0.3, -0.25) is 38.4 Å². The van der Waals surface area contributed by atoms with Crippen molar-refractivity contribution in [2.45, 2.75) is 133 Å². The second-order valence-electron chi connectivity index (χ2n) is 20.5. The Morgan fingerprint density at radius 3 is 1.26 bits per heavy atom. The Morgan fingerprint density at radius 1 is 0.529 bits per heavy atom. The van der Waals surface area contributed by atoms with Gasteiger partial charge in [0.2, 0.25) is 0 Å². The fourth-order valence-electron chi connectivity index (χ4n) is 9.13. The highest BCUT2D eigenvalue weighted by Crippen LogP contribution is 2.60. The molecule has 3 aliphatic rings. The fraction of sp³-hybridized carbons (Fsp3) is 0.429. The molecular formula is C63H66N2O20S2. The molecule has 0 saturated heterocycles. The summed E-state index contributed by atoms with van der Waals surface area (Å²) in [6.45, 7) is 11.1. The molecule has 0 bridgehead atoms. The number of nitrogens with zero attached hydrogens (tertiary/aromatic N) is 2. The summed E-state index contributed by atoms with van der Waals surface area (Å²) >= 11 is 2.12. The van der Waals surface area contributed by atoms with Crippen LogP contribution in [0.1, 0.15) is 108 Å². The van der Waals surface area contributed by atoms with Gasteiger partial charge in [0.05, 0.1) is 76.6 Å². The van der Waals surface area contributed by atoms with Crippen LogP contribution in [0.5, 0.6) is 23.0 Å². The monoisotopic (exact) mass is 1230 g/mol. The Morgan fingerprint density at radius 2 is 0.885 bits per heavy atom. The average molecular weight is 1240 g/mol. The summed E-state index contributed by atoms with van der Waals surface area (Å²) in [6.07, 6.45) is 3.34. The Hall–Kier alpha value is -8.74. The van der Waals surface area contributed by atoms with E-state index < -0.39 is 95.6 Å². The summed E-state index contributed by atoms with van der Waals surface area (Å²) < 4.78 is 54.1. The zero-order valence-electron chi connectivity index (χ0n) is 48.3. The lowest BCUT2D eigenvalue weighted by molar-refractivity contribution is -0.156. The van der Waals surface area contributed by atoms with Crippen LogP contribution in [-0.4, -0.2) is 98.3 Å². The van der Waals surface area contributed by atoms with Crippen molar-refractivity contribution in [3.63, 3.8) is 0 Å². The van der Waals surface area contributed by atoms with Crippen LogP contribution in [0.2, 0.25) is 0 Å². The van der Waals surface area contributed by atoms with Crippen LogP contribution in [0.25, 0.3) is 0 Å². The zero-order chi connectivity index (χ0) is 63.0. The van der Waals surface area contributed by atoms with Crippen LogP contribution in [0.3, 0.4) is 0 Å². The molecule has 0 aromatic heterocycles. The quantitative estimate of drug-likeness (QED) is 0.0215. The minimum Gasteiger partial charge on any atom is -0.465 e. The number of benzene rings is 3. The van der Waals surface area contributed by atoms with Crippen LogP contribution >= 0.6 is 23.5 Å². The Bertz CT molecular complexity index is 3170. The SMILES string of the molecule is C=CC(=O)OC(C)COC(=O)CCC(=O)OCCc1ccc(OC(=O)[C@H]2CC[C@H](C(=O)Oc3cc(C)c(OC(=O)[C@H]4CC[C@H](C(=O)Oc5ccc(CCOC(=O)CCC(=O)OCC(C)OC(=O)C=C)cc5)CC4)c4c3SC(=C(C#N)C#N)S4)CC2)cc1. The van der Waals surface area contributed by atoms with Crippen molar-refractivity contribution in [2.24, 2.45) is 23.7 Å². The van der Waals surface area contributed by atoms with Gasteiger partial charge in [-0.2, -0.15) is 10.5 Å². The van der Waals surface area contributed by atoms with Gasteiger partial charge < -0.3 is 47.4 Å². The predicted molar refractivity (Wildman–Crippen MR) is 309 cm³/mol. The lowest BCUT2D eigenvalue weighted by Gasteiger charge is -2.27. The van der Waals surface area contributed by atoms with Gasteiger partial charge in [0.25, 0.3) is 0 Å². The number of carbonyl (C=O) groups excluding carboxylic acids is 10. The highest BCUT2D eigenvalue weighted by atomic mass is 32.2. The van der Waals surface area contributed by atoms with Gasteiger partial charge in [-0.1, -0.05) is 60.9 Å². The van der Waals surface area contributed by atoms with E-state index in [0.717, 1.165) is 46.8 Å². The number of thioether (sulfide) groups is 2. The van der Waals surface area contributed by atoms with Crippen molar-refractivity contribution in [1.29, 1.82) is 10.5 Å². The summed E-state index contributed by atoms with van der Waals surface area (Å²) in [7, 11) is 0. The molecule has 0 spiro atoms. The van der Waals surface area contributed by atoms with Crippen LogP contribution in [0.15, 0.2) is 99.5 Å². The topological polar surface area (TPSA) is 311 Å². The van der Waals surface area contributed by atoms with Gasteiger partial charge in [0, 0.05) is 25.0 Å². The van der Waals surface area contributed by atoms with Gasteiger partial charge >= 0.3 is 59.7 Å². The number of allylic oxidation sites excluding steroid dienone is 1. The first kappa shape index (κ1) is 67.4. The molecule has 2 fully saturated rings. The highest BCUT2D eigenvalue weighted by Gasteiger charge is 2.37. The predicted octanol–water partition coefficient (Wildman–Crippen LogP) is 9.14. The standard InChI is InChI=1S/C63H66N2O20S2/c1-6-50(66)80-38(4)35-78-54(70)26-24-52(68)76-30-28-40-8-20-47(21-9-40)82-59(72)42-12-16-44(17-13-42)61(74)84-49-32-37(3)56(58-57(49)86-63(87-58)46(33-64)34-65)85-62(75)45-18-14-43(15-19-45)60(73)83-48-22-10-41(11-23-48)29-31-77-53(69)25-27-55(71)79-36-39(5)81-51(67)7-2/h6-11,20-23,32,38-39,42-45H,1-2,12-19,24-31,35-36H2,3-5H3/t38?,39?,42-,43-,44-,45-. The smallest absolute Gasteiger partial charge is 0.330 e. The van der Waals surface area contributed by atoms with Gasteiger partial charge in [-0.15, -0.1) is 0 Å². The fourth-order valence-corrected chi connectivity index (χ4v) is 11.7. The van der Waals surface area contributed by atoms with Gasteiger partial charge in [0.15, 0.2) is 0 Å². The van der Waals surface area contributed by atoms with Gasteiger partial charge in [0.1, 0.15) is 66.1 Å². The number of rotatable bonds is 28. The number of nitriles is 2. The van der Waals surface area contributed by atoms with E-state index in [1.54, 1.807) is 75.4 Å². The molecule has 1 aliphatic heterocycles. The molecule has 2 saturated carbocycles. The maximum Gasteiger partial charge on any atom is 0.330 e. The summed E-state index contributed by atoms with van der Waals surface area (Å²) in [6, 6.07) is 18.8. The first-order valence-electron chi connectivity index (χ1n) is 28.2. The highest BCUT2D eigenvalue weighted by molar-refractivity contribution is 8.24. The van der Waals surface area contributed by atoms with Crippen LogP contribution < -0.4 is 18.9 Å². The summed E-state index contributed by atoms with van der Waals surface area (Å²) in [5.41, 5.74) is 1.89. The molecule has 2 unspecified atom stereocenters. The van der Waals surface area contributed by atoms with E-state index in [2.05, 4.69) is 13.2 Å². The molecular weight excluding hydrogens is 1170 g/mol. The third-order valence-electron chi connectivity index (χ3n) is 13.9. The van der Waals surface area contributed by atoms with E-state index >= 15 is 0 Å². The average Bonchev–Trinajstić information content (AvgIpc) is 1.85. The number of hydrogen-bond acceptors (Lipinski definition) is 24. The molecule has 460 valence electrons.